The molecule has 1 N–H and O–H groups in total. The largest absolute Gasteiger partial charge is 0.349 e. The zero-order valence-corrected chi connectivity index (χ0v) is 13.1. The molecule has 1 aliphatic carbocycles. The van der Waals surface area contributed by atoms with E-state index in [1.807, 2.05) is 42.9 Å². The highest BCUT2D eigenvalue weighted by atomic mass is 32.2. The third-order valence-electron chi connectivity index (χ3n) is 3.66. The zero-order valence-electron chi connectivity index (χ0n) is 12.2. The van der Waals surface area contributed by atoms with Crippen molar-refractivity contribution in [3.63, 3.8) is 0 Å². The number of amides is 1. The molecule has 1 amide bonds. The van der Waals surface area contributed by atoms with Crippen molar-refractivity contribution in [2.45, 2.75) is 31.3 Å². The van der Waals surface area contributed by atoms with Crippen LogP contribution in [0.3, 0.4) is 0 Å². The lowest BCUT2D eigenvalue weighted by molar-refractivity contribution is 0.0951. The summed E-state index contributed by atoms with van der Waals surface area (Å²) in [6.45, 7) is 2.06. The Labute approximate surface area is 129 Å². The van der Waals surface area contributed by atoms with E-state index in [0.717, 1.165) is 24.1 Å². The van der Waals surface area contributed by atoms with E-state index in [4.69, 9.17) is 0 Å². The molecule has 1 atom stereocenters. The van der Waals surface area contributed by atoms with Gasteiger partial charge in [-0.2, -0.15) is 0 Å². The molecule has 1 aliphatic heterocycles. The molecule has 1 aromatic carbocycles. The number of aliphatic imine (C=N–C) groups is 1. The molecule has 5 heteroatoms. The Hall–Kier alpha value is -1.75. The molecule has 1 fully saturated rings. The summed E-state index contributed by atoms with van der Waals surface area (Å²) in [7, 11) is 0. The first-order valence-electron chi connectivity index (χ1n) is 7.11. The van der Waals surface area contributed by atoms with Gasteiger partial charge in [-0.25, -0.2) is 0 Å². The number of nitrogens with one attached hydrogen (secondary N) is 1. The normalized spacial score (nSPS) is 20.7. The summed E-state index contributed by atoms with van der Waals surface area (Å²) >= 11 is 1.67. The molecule has 1 heterocycles. The van der Waals surface area contributed by atoms with Crippen molar-refractivity contribution in [1.82, 2.24) is 5.32 Å². The average Bonchev–Trinajstić information content (AvgIpc) is 3.31. The highest BCUT2D eigenvalue weighted by Gasteiger charge is 2.25. The Bertz CT molecular complexity index is 608. The number of benzene rings is 1. The number of nitrogens with zero attached hydrogens (tertiary/aromatic N) is 2. The minimum absolute atomic E-state index is 0.0175. The molecular weight excluding hydrogens is 282 g/mol. The lowest BCUT2D eigenvalue weighted by Gasteiger charge is -2.29. The summed E-state index contributed by atoms with van der Waals surface area (Å²) in [5.74, 6) is 0.0175. The maximum Gasteiger partial charge on any atom is 0.251 e. The molecule has 2 aliphatic rings. The molecule has 1 saturated carbocycles. The summed E-state index contributed by atoms with van der Waals surface area (Å²) in [6.07, 6.45) is 9.98. The van der Waals surface area contributed by atoms with Gasteiger partial charge >= 0.3 is 0 Å². The van der Waals surface area contributed by atoms with Gasteiger partial charge in [0.15, 0.2) is 5.50 Å². The monoisotopic (exact) mass is 301 g/mol. The van der Waals surface area contributed by atoms with Gasteiger partial charge in [-0.15, -0.1) is 11.8 Å². The van der Waals surface area contributed by atoms with Crippen LogP contribution in [0.5, 0.6) is 0 Å². The molecule has 4 nitrogen and oxygen atoms in total. The van der Waals surface area contributed by atoms with Gasteiger partial charge in [0.2, 0.25) is 0 Å². The van der Waals surface area contributed by atoms with Gasteiger partial charge in [0.1, 0.15) is 0 Å². The standard InChI is InChI=1S/C16H19N3OS/c1-11-4-5-12(15(20)18-13-6-7-13)10-14(11)19-9-3-8-17-16(19)21-2/h3-5,8-10,13,16H,6-7H2,1-2H3,(H,18,20). The second kappa shape index (κ2) is 5.93. The molecule has 1 unspecified atom stereocenters. The number of carbonyl (C=O) groups excluding carboxylic acids is 1. The Morgan fingerprint density at radius 2 is 2.24 bits per heavy atom. The topological polar surface area (TPSA) is 44.7 Å². The summed E-state index contributed by atoms with van der Waals surface area (Å²) in [5, 5.41) is 3.03. The Morgan fingerprint density at radius 1 is 1.43 bits per heavy atom. The summed E-state index contributed by atoms with van der Waals surface area (Å²) in [4.78, 5) is 18.8. The molecule has 1 aromatic rings. The van der Waals surface area contributed by atoms with Crippen molar-refractivity contribution < 1.29 is 4.79 Å². The predicted molar refractivity (Wildman–Crippen MR) is 89.1 cm³/mol. The zero-order chi connectivity index (χ0) is 14.8. The molecule has 3 rings (SSSR count). The van der Waals surface area contributed by atoms with Gasteiger partial charge in [0, 0.05) is 29.7 Å². The maximum atomic E-state index is 12.2. The molecular formula is C16H19N3OS. The number of allylic oxidation sites excluding steroid dienone is 1. The first-order chi connectivity index (χ1) is 10.2. The number of rotatable bonds is 4. The lowest BCUT2D eigenvalue weighted by Crippen LogP contribution is -2.29. The molecule has 110 valence electrons. The van der Waals surface area contributed by atoms with Crippen molar-refractivity contribution in [3.05, 3.63) is 41.6 Å². The van der Waals surface area contributed by atoms with Crippen molar-refractivity contribution in [2.24, 2.45) is 4.99 Å². The number of hydrogen-bond donors (Lipinski definition) is 1. The van der Waals surface area contributed by atoms with Crippen molar-refractivity contribution in [3.8, 4) is 0 Å². The Kier molecular flexibility index (Phi) is 4.01. The van der Waals surface area contributed by atoms with Crippen LogP contribution in [-0.4, -0.2) is 29.9 Å². The van der Waals surface area contributed by atoms with Crippen LogP contribution in [0.25, 0.3) is 0 Å². The average molecular weight is 301 g/mol. The van der Waals surface area contributed by atoms with E-state index >= 15 is 0 Å². The Morgan fingerprint density at radius 3 is 2.95 bits per heavy atom. The number of thioether (sulfide) groups is 1. The fourth-order valence-corrected chi connectivity index (χ4v) is 2.90. The highest BCUT2D eigenvalue weighted by molar-refractivity contribution is 7.99. The summed E-state index contributed by atoms with van der Waals surface area (Å²) in [5.41, 5.74) is 2.91. The van der Waals surface area contributed by atoms with Crippen LogP contribution in [0.15, 0.2) is 35.5 Å². The highest BCUT2D eigenvalue weighted by Crippen LogP contribution is 2.29. The van der Waals surface area contributed by atoms with Crippen molar-refractivity contribution >= 4 is 29.6 Å². The minimum Gasteiger partial charge on any atom is -0.349 e. The quantitative estimate of drug-likeness (QED) is 0.930. The molecule has 0 spiro atoms. The van der Waals surface area contributed by atoms with E-state index in [2.05, 4.69) is 22.1 Å². The van der Waals surface area contributed by atoms with Crippen LogP contribution >= 0.6 is 11.8 Å². The second-order valence-corrected chi connectivity index (χ2v) is 6.25. The van der Waals surface area contributed by atoms with E-state index in [-0.39, 0.29) is 11.4 Å². The Balaban J connectivity index is 1.88. The summed E-state index contributed by atoms with van der Waals surface area (Å²) in [6, 6.07) is 6.23. The van der Waals surface area contributed by atoms with Gasteiger partial charge in [-0.1, -0.05) is 6.07 Å². The molecule has 0 bridgehead atoms. The van der Waals surface area contributed by atoms with Crippen molar-refractivity contribution in [1.29, 1.82) is 0 Å². The predicted octanol–water partition coefficient (Wildman–Crippen LogP) is 2.94. The fraction of sp³-hybridized carbons (Fsp3) is 0.375. The van der Waals surface area contributed by atoms with Crippen LogP contribution < -0.4 is 10.2 Å². The number of carbonyl (C=O) groups is 1. The lowest BCUT2D eigenvalue weighted by atomic mass is 10.1. The smallest absolute Gasteiger partial charge is 0.251 e. The van der Waals surface area contributed by atoms with Crippen molar-refractivity contribution in [2.75, 3.05) is 11.2 Å². The number of anilines is 1. The molecule has 21 heavy (non-hydrogen) atoms. The SMILES string of the molecule is CSC1N=CC=CN1c1cc(C(=O)NC2CC2)ccc1C. The van der Waals surface area contributed by atoms with E-state index in [1.54, 1.807) is 11.8 Å². The first-order valence-corrected chi connectivity index (χ1v) is 8.40. The van der Waals surface area contributed by atoms with E-state index in [0.29, 0.717) is 11.6 Å². The molecule has 0 radical (unpaired) electrons. The first kappa shape index (κ1) is 14.2. The summed E-state index contributed by atoms with van der Waals surface area (Å²) < 4.78 is 0. The minimum atomic E-state index is 0.0175. The van der Waals surface area contributed by atoms with Crippen LogP contribution in [0.4, 0.5) is 5.69 Å². The van der Waals surface area contributed by atoms with Crippen LogP contribution in [0, 0.1) is 6.92 Å². The van der Waals surface area contributed by atoms with Crippen LogP contribution in [0.1, 0.15) is 28.8 Å². The molecule has 0 saturated heterocycles. The fourth-order valence-electron chi connectivity index (χ4n) is 2.30. The third-order valence-corrected chi connectivity index (χ3v) is 4.43. The van der Waals surface area contributed by atoms with Crippen LogP contribution in [0.2, 0.25) is 0 Å². The van der Waals surface area contributed by atoms with Gasteiger partial charge in [-0.05, 0) is 49.8 Å². The van der Waals surface area contributed by atoms with E-state index < -0.39 is 0 Å². The van der Waals surface area contributed by atoms with Gasteiger partial charge in [-0.3, -0.25) is 9.79 Å². The van der Waals surface area contributed by atoms with Gasteiger partial charge in [0.05, 0.1) is 0 Å². The number of aryl methyl sites for hydroxylation is 1. The van der Waals surface area contributed by atoms with E-state index in [1.165, 1.54) is 0 Å². The second-order valence-electron chi connectivity index (χ2n) is 5.36. The number of hydrogen-bond acceptors (Lipinski definition) is 4. The third kappa shape index (κ3) is 3.13. The van der Waals surface area contributed by atoms with E-state index in [9.17, 15) is 4.79 Å². The van der Waals surface area contributed by atoms with Crippen LogP contribution in [-0.2, 0) is 0 Å². The molecule has 0 aromatic heterocycles. The van der Waals surface area contributed by atoms with Gasteiger partial charge < -0.3 is 10.2 Å². The van der Waals surface area contributed by atoms with Gasteiger partial charge in [0.25, 0.3) is 5.91 Å². The maximum absolute atomic E-state index is 12.2.